The molecule has 1 amide bonds. The third kappa shape index (κ3) is 3.98. The summed E-state index contributed by atoms with van der Waals surface area (Å²) in [7, 11) is 0. The number of amides is 1. The highest BCUT2D eigenvalue weighted by atomic mass is 16.6. The van der Waals surface area contributed by atoms with E-state index in [0.717, 1.165) is 0 Å². The van der Waals surface area contributed by atoms with Gasteiger partial charge in [-0.05, 0) is 31.6 Å². The fourth-order valence-corrected chi connectivity index (χ4v) is 4.83. The van der Waals surface area contributed by atoms with E-state index in [1.54, 1.807) is 20.8 Å². The molecule has 2 aliphatic heterocycles. The molecule has 9 nitrogen and oxygen atoms in total. The lowest BCUT2D eigenvalue weighted by Crippen LogP contribution is -2.48. The molecular formula is C21H32N2O7. The maximum absolute atomic E-state index is 11.7. The summed E-state index contributed by atoms with van der Waals surface area (Å²) < 4.78 is 15.1. The van der Waals surface area contributed by atoms with E-state index in [2.05, 4.69) is 38.2 Å². The zero-order valence-corrected chi connectivity index (χ0v) is 18.6. The van der Waals surface area contributed by atoms with Gasteiger partial charge in [0, 0.05) is 23.7 Å². The number of hydrogen-bond acceptors (Lipinski definition) is 8. The van der Waals surface area contributed by atoms with Gasteiger partial charge in [-0.3, -0.25) is 0 Å². The molecular weight excluding hydrogens is 392 g/mol. The number of ether oxygens (including phenoxy) is 3. The number of rotatable bonds is 1. The molecule has 4 rings (SSSR count). The summed E-state index contributed by atoms with van der Waals surface area (Å²) in [6.45, 7) is 14.6. The topological polar surface area (TPSA) is 124 Å². The van der Waals surface area contributed by atoms with E-state index >= 15 is 0 Å². The number of oxime groups is 1. The average Bonchev–Trinajstić information content (AvgIpc) is 3.38. The summed E-state index contributed by atoms with van der Waals surface area (Å²) in [6, 6.07) is -0.575. The molecule has 4 aliphatic rings. The second kappa shape index (κ2) is 7.13. The zero-order chi connectivity index (χ0) is 22.6. The predicted octanol–water partition coefficient (Wildman–Crippen LogP) is 2.35. The van der Waals surface area contributed by atoms with E-state index in [-0.39, 0.29) is 34.3 Å². The van der Waals surface area contributed by atoms with Crippen molar-refractivity contribution in [3.8, 4) is 0 Å². The van der Waals surface area contributed by atoms with E-state index in [4.69, 9.17) is 19.4 Å². The van der Waals surface area contributed by atoms with Crippen molar-refractivity contribution in [3.05, 3.63) is 0 Å². The van der Waals surface area contributed by atoms with E-state index in [1.807, 2.05) is 0 Å². The molecule has 0 radical (unpaired) electrons. The van der Waals surface area contributed by atoms with E-state index in [1.165, 1.54) is 0 Å². The normalized spacial score (nSPS) is 36.1. The Morgan fingerprint density at radius 3 is 2.23 bits per heavy atom. The fraction of sp³-hybridized carbons (Fsp3) is 0.810. The van der Waals surface area contributed by atoms with Crippen molar-refractivity contribution >= 4 is 23.7 Å². The molecule has 2 aliphatic carbocycles. The van der Waals surface area contributed by atoms with Crippen LogP contribution in [0.25, 0.3) is 0 Å². The van der Waals surface area contributed by atoms with Gasteiger partial charge in [-0.1, -0.05) is 32.9 Å². The van der Waals surface area contributed by atoms with Crippen LogP contribution in [0.15, 0.2) is 5.16 Å². The summed E-state index contributed by atoms with van der Waals surface area (Å²) in [5.74, 6) is 0.128. The van der Waals surface area contributed by atoms with Crippen LogP contribution in [-0.4, -0.2) is 53.8 Å². The Morgan fingerprint density at radius 2 is 1.70 bits per heavy atom. The van der Waals surface area contributed by atoms with Gasteiger partial charge in [0.25, 0.3) is 0 Å². The molecule has 0 spiro atoms. The zero-order valence-electron chi connectivity index (χ0n) is 18.6. The van der Waals surface area contributed by atoms with Gasteiger partial charge in [0.2, 0.25) is 0 Å². The summed E-state index contributed by atoms with van der Waals surface area (Å²) in [5, 5.41) is 14.2. The number of hydrogen-bond donors (Lipinski definition) is 2. The monoisotopic (exact) mass is 424 g/mol. The Balaban J connectivity index is 0.000000184. The van der Waals surface area contributed by atoms with Crippen LogP contribution >= 0.6 is 0 Å². The molecule has 0 bridgehead atoms. The van der Waals surface area contributed by atoms with Gasteiger partial charge < -0.3 is 24.7 Å². The molecule has 30 heavy (non-hydrogen) atoms. The number of nitrogens with zero attached hydrogens (tertiary/aromatic N) is 1. The number of fused-ring (bicyclic) bond motifs is 2. The van der Waals surface area contributed by atoms with Gasteiger partial charge in [-0.15, -0.1) is 0 Å². The van der Waals surface area contributed by atoms with Crippen LogP contribution in [0.1, 0.15) is 48.5 Å². The highest BCUT2D eigenvalue weighted by molar-refractivity contribution is 6.38. The van der Waals surface area contributed by atoms with Crippen LogP contribution in [-0.2, 0) is 23.8 Å². The molecule has 4 fully saturated rings. The van der Waals surface area contributed by atoms with Crippen LogP contribution in [0.2, 0.25) is 0 Å². The largest absolute Gasteiger partial charge is 0.464 e. The Kier molecular flexibility index (Phi) is 5.31. The second-order valence-electron chi connectivity index (χ2n) is 10.7. The number of carbonyl (C=O) groups excluding carboxylic acids is 3. The van der Waals surface area contributed by atoms with Crippen molar-refractivity contribution < 1.29 is 33.8 Å². The van der Waals surface area contributed by atoms with E-state index in [9.17, 15) is 14.4 Å². The Hall–Kier alpha value is -2.32. The van der Waals surface area contributed by atoms with Crippen LogP contribution in [0.4, 0.5) is 4.79 Å². The third-order valence-corrected chi connectivity index (χ3v) is 6.89. The van der Waals surface area contributed by atoms with Gasteiger partial charge in [0.15, 0.2) is 5.71 Å². The van der Waals surface area contributed by atoms with Gasteiger partial charge in [-0.2, -0.15) is 0 Å². The van der Waals surface area contributed by atoms with E-state index < -0.39 is 23.7 Å². The highest BCUT2D eigenvalue weighted by Gasteiger charge is 2.66. The standard InChI is InChI=1S/C13H21NO4.C8H11NO3/c1-12(2,3)18-11(16)14-9-8-7(13(8,4)5)6-17-10(9)15;1-8(2)4-3-12-7(10)6(9-11)5(4)8/h7-9H,6H2,1-5H3,(H,14,16);4-5,11H,3H2,1-2H3/b;9-6-/t7-,8-,9+;4-,5-/m00/s1. The third-order valence-electron chi connectivity index (χ3n) is 6.89. The number of cyclic esters (lactones) is 2. The van der Waals surface area contributed by atoms with Crippen molar-refractivity contribution in [2.45, 2.75) is 60.1 Å². The molecule has 2 saturated heterocycles. The molecule has 0 aromatic rings. The average molecular weight is 424 g/mol. The van der Waals surface area contributed by atoms with Crippen LogP contribution < -0.4 is 5.32 Å². The fourth-order valence-electron chi connectivity index (χ4n) is 4.83. The van der Waals surface area contributed by atoms with Gasteiger partial charge in [0.1, 0.15) is 11.6 Å². The molecule has 0 aromatic heterocycles. The summed E-state index contributed by atoms with van der Waals surface area (Å²) >= 11 is 0. The van der Waals surface area contributed by atoms with Crippen LogP contribution in [0, 0.1) is 34.5 Å². The van der Waals surface area contributed by atoms with Gasteiger partial charge in [-0.25, -0.2) is 14.4 Å². The molecule has 2 heterocycles. The molecule has 5 atom stereocenters. The Bertz CT molecular complexity index is 781. The van der Waals surface area contributed by atoms with Crippen molar-refractivity contribution in [2.24, 2.45) is 39.7 Å². The minimum Gasteiger partial charge on any atom is -0.464 e. The molecule has 2 N–H and O–H groups in total. The molecule has 0 unspecified atom stereocenters. The SMILES string of the molecule is CC(C)(C)OC(=O)N[C@H]1C(=O)OC[C@H]2[C@@H]1C2(C)C.CC1(C)[C@@H]2/C(=N/O)C(=O)OC[C@@H]21. The molecule has 2 saturated carbocycles. The van der Waals surface area contributed by atoms with Crippen molar-refractivity contribution in [2.75, 3.05) is 13.2 Å². The maximum Gasteiger partial charge on any atom is 0.408 e. The smallest absolute Gasteiger partial charge is 0.408 e. The van der Waals surface area contributed by atoms with Crippen molar-refractivity contribution in [3.63, 3.8) is 0 Å². The minimum atomic E-state index is -0.575. The minimum absolute atomic E-state index is 0.0475. The highest BCUT2D eigenvalue weighted by Crippen LogP contribution is 2.62. The molecule has 0 aromatic carbocycles. The summed E-state index contributed by atoms with van der Waals surface area (Å²) in [4.78, 5) is 34.5. The molecule has 168 valence electrons. The maximum atomic E-state index is 11.7. The Labute approximate surface area is 176 Å². The van der Waals surface area contributed by atoms with Gasteiger partial charge in [0.05, 0.1) is 13.2 Å². The van der Waals surface area contributed by atoms with Crippen molar-refractivity contribution in [1.29, 1.82) is 0 Å². The first-order chi connectivity index (χ1) is 13.7. The van der Waals surface area contributed by atoms with Gasteiger partial charge >= 0.3 is 18.0 Å². The number of carbonyl (C=O) groups is 3. The van der Waals surface area contributed by atoms with E-state index in [0.29, 0.717) is 25.0 Å². The van der Waals surface area contributed by atoms with Crippen molar-refractivity contribution in [1.82, 2.24) is 5.32 Å². The lowest BCUT2D eigenvalue weighted by Gasteiger charge is -2.25. The predicted molar refractivity (Wildman–Crippen MR) is 106 cm³/mol. The lowest BCUT2D eigenvalue weighted by molar-refractivity contribution is -0.150. The lowest BCUT2D eigenvalue weighted by atomic mass is 10.0. The number of alkyl carbamates (subject to hydrolysis) is 1. The number of nitrogens with one attached hydrogen (secondary N) is 1. The summed E-state index contributed by atoms with van der Waals surface area (Å²) in [6.07, 6.45) is -0.562. The number of esters is 2. The molecule has 9 heteroatoms. The second-order valence-corrected chi connectivity index (χ2v) is 10.7. The Morgan fingerprint density at radius 1 is 1.10 bits per heavy atom. The first-order valence-corrected chi connectivity index (χ1v) is 10.3. The first kappa shape index (κ1) is 22.4. The summed E-state index contributed by atoms with van der Waals surface area (Å²) in [5.41, 5.74) is -0.267. The first-order valence-electron chi connectivity index (χ1n) is 10.3. The van der Waals surface area contributed by atoms with Crippen LogP contribution in [0.3, 0.4) is 0 Å². The quantitative estimate of drug-likeness (QED) is 0.287. The van der Waals surface area contributed by atoms with Crippen LogP contribution in [0.5, 0.6) is 0 Å².